The number of hydrogen-bond acceptors (Lipinski definition) is 9. The maximum Gasteiger partial charge on any atom is 0.283 e. The highest BCUT2D eigenvalue weighted by Crippen LogP contribution is 2.30. The first kappa shape index (κ1) is 29.1. The second kappa shape index (κ2) is 11.6. The number of fused-ring (bicyclic) bond motifs is 2. The van der Waals surface area contributed by atoms with E-state index in [0.29, 0.717) is 28.4 Å². The van der Waals surface area contributed by atoms with Crippen molar-refractivity contribution in [3.8, 4) is 17.3 Å². The summed E-state index contributed by atoms with van der Waals surface area (Å²) in [6.45, 7) is 3.80. The first-order valence-corrected chi connectivity index (χ1v) is 15.4. The highest BCUT2D eigenvalue weighted by Gasteiger charge is 2.21. The normalized spacial score (nSPS) is 12.8. The van der Waals surface area contributed by atoms with Gasteiger partial charge in [0.1, 0.15) is 22.0 Å². The highest BCUT2D eigenvalue weighted by atomic mass is 35.5. The molecule has 0 aliphatic heterocycles. The Kier molecular flexibility index (Phi) is 7.66. The minimum absolute atomic E-state index is 0.00387. The molecule has 2 atom stereocenters. The SMILES string of the molecule is Cc1cc([C@@H](C)Nc2ccc(Cl)nc2C(=O)NS(C)=O)c2nc(-c3ccc4nn(-c5ncccn5)cc4c3)n(C)c(=O)c2c1. The number of rotatable bonds is 7. The number of aromatic nitrogens is 7. The first-order chi connectivity index (χ1) is 21.1. The van der Waals surface area contributed by atoms with Gasteiger partial charge in [-0.05, 0) is 61.9 Å². The molecule has 0 saturated heterocycles. The van der Waals surface area contributed by atoms with Crippen molar-refractivity contribution in [2.24, 2.45) is 7.05 Å². The zero-order chi connectivity index (χ0) is 31.1. The van der Waals surface area contributed by atoms with Crippen LogP contribution in [0.2, 0.25) is 5.15 Å². The Morgan fingerprint density at radius 1 is 1.07 bits per heavy atom. The number of anilines is 1. The fourth-order valence-electron chi connectivity index (χ4n) is 5.03. The van der Waals surface area contributed by atoms with Crippen molar-refractivity contribution >= 4 is 56.0 Å². The minimum Gasteiger partial charge on any atom is -0.377 e. The van der Waals surface area contributed by atoms with E-state index in [-0.39, 0.29) is 16.4 Å². The van der Waals surface area contributed by atoms with Gasteiger partial charge in [0.05, 0.1) is 28.1 Å². The van der Waals surface area contributed by atoms with Gasteiger partial charge in [0.25, 0.3) is 11.5 Å². The summed E-state index contributed by atoms with van der Waals surface area (Å²) >= 11 is 6.07. The Hall–Kier alpha value is -5.01. The number of benzene rings is 2. The number of nitrogens with zero attached hydrogens (tertiary/aromatic N) is 7. The van der Waals surface area contributed by atoms with Crippen molar-refractivity contribution in [3.63, 3.8) is 0 Å². The van der Waals surface area contributed by atoms with Gasteiger partial charge in [-0.2, -0.15) is 5.10 Å². The number of nitrogens with one attached hydrogen (secondary N) is 2. The summed E-state index contributed by atoms with van der Waals surface area (Å²) in [6, 6.07) is 13.9. The predicted molar refractivity (Wildman–Crippen MR) is 170 cm³/mol. The summed E-state index contributed by atoms with van der Waals surface area (Å²) in [6.07, 6.45) is 6.48. The molecule has 0 aliphatic rings. The standard InChI is InChI=1S/C30H26ClN9O3S/c1-16-12-20(17(2)34-23-8-9-24(31)35-26(23)28(41)38-44(4)43)25-21(13-16)29(42)39(3)27(36-25)18-6-7-22-19(14-18)15-40(37-22)30-32-10-5-11-33-30/h5-15,17,34H,1-4H3,(H,38,41)/t17-,44?/m1/s1. The van der Waals surface area contributed by atoms with Gasteiger partial charge in [-0.3, -0.25) is 18.9 Å². The molecule has 1 unspecified atom stereocenters. The molecule has 2 N–H and O–H groups in total. The van der Waals surface area contributed by atoms with Crippen LogP contribution < -0.4 is 15.6 Å². The maximum atomic E-state index is 13.7. The molecule has 0 spiro atoms. The van der Waals surface area contributed by atoms with E-state index in [4.69, 9.17) is 16.6 Å². The van der Waals surface area contributed by atoms with Crippen molar-refractivity contribution in [3.05, 3.63) is 99.4 Å². The molecule has 222 valence electrons. The molecule has 0 fully saturated rings. The molecule has 0 saturated carbocycles. The number of carbonyl (C=O) groups excluding carboxylic acids is 1. The van der Waals surface area contributed by atoms with Crippen molar-refractivity contribution in [1.29, 1.82) is 0 Å². The number of carbonyl (C=O) groups is 1. The number of halogens is 1. The molecule has 1 amide bonds. The van der Waals surface area contributed by atoms with Gasteiger partial charge in [-0.15, -0.1) is 0 Å². The van der Waals surface area contributed by atoms with Crippen LogP contribution in [0, 0.1) is 6.92 Å². The lowest BCUT2D eigenvalue weighted by Crippen LogP contribution is -2.27. The summed E-state index contributed by atoms with van der Waals surface area (Å²) in [5.74, 6) is 0.287. The third kappa shape index (κ3) is 5.54. The second-order valence-corrected chi connectivity index (χ2v) is 11.7. The average molecular weight is 628 g/mol. The first-order valence-electron chi connectivity index (χ1n) is 13.4. The number of pyridine rings is 1. The summed E-state index contributed by atoms with van der Waals surface area (Å²) in [5.41, 5.74) is 3.79. The Balaban J connectivity index is 1.44. The van der Waals surface area contributed by atoms with Crippen LogP contribution in [0.1, 0.15) is 34.6 Å². The van der Waals surface area contributed by atoms with Crippen molar-refractivity contribution in [2.45, 2.75) is 19.9 Å². The molecule has 0 aliphatic carbocycles. The molecular formula is C30H26ClN9O3S. The van der Waals surface area contributed by atoms with E-state index in [9.17, 15) is 13.8 Å². The Labute approximate surface area is 258 Å². The fourth-order valence-corrected chi connectivity index (χ4v) is 5.54. The summed E-state index contributed by atoms with van der Waals surface area (Å²) in [5, 5.41) is 9.29. The molecule has 44 heavy (non-hydrogen) atoms. The zero-order valence-electron chi connectivity index (χ0n) is 24.1. The predicted octanol–water partition coefficient (Wildman–Crippen LogP) is 4.28. The molecule has 0 radical (unpaired) electrons. The highest BCUT2D eigenvalue weighted by molar-refractivity contribution is 7.82. The topological polar surface area (TPSA) is 150 Å². The summed E-state index contributed by atoms with van der Waals surface area (Å²) in [7, 11) is 0.102. The van der Waals surface area contributed by atoms with E-state index in [1.807, 2.05) is 50.4 Å². The third-order valence-electron chi connectivity index (χ3n) is 7.03. The van der Waals surface area contributed by atoms with Crippen LogP contribution in [0.5, 0.6) is 0 Å². The van der Waals surface area contributed by atoms with Crippen molar-refractivity contribution in [1.82, 2.24) is 39.0 Å². The lowest BCUT2D eigenvalue weighted by atomic mass is 10.0. The fraction of sp³-hybridized carbons (Fsp3) is 0.167. The van der Waals surface area contributed by atoms with Gasteiger partial charge in [0.2, 0.25) is 5.95 Å². The molecule has 2 aromatic carbocycles. The van der Waals surface area contributed by atoms with E-state index in [2.05, 4.69) is 30.1 Å². The van der Waals surface area contributed by atoms with Crippen LogP contribution in [0.3, 0.4) is 0 Å². The quantitative estimate of drug-likeness (QED) is 0.247. The molecular weight excluding hydrogens is 602 g/mol. The van der Waals surface area contributed by atoms with Gasteiger partial charge >= 0.3 is 0 Å². The Morgan fingerprint density at radius 2 is 1.84 bits per heavy atom. The Morgan fingerprint density at radius 3 is 2.59 bits per heavy atom. The molecule has 14 heteroatoms. The maximum absolute atomic E-state index is 13.7. The van der Waals surface area contributed by atoms with Gasteiger partial charge in [-0.25, -0.2) is 28.8 Å². The molecule has 6 rings (SSSR count). The van der Waals surface area contributed by atoms with Crippen LogP contribution in [0.15, 0.2) is 71.9 Å². The average Bonchev–Trinajstić information content (AvgIpc) is 3.43. The second-order valence-electron chi connectivity index (χ2n) is 10.2. The number of hydrogen-bond donors (Lipinski definition) is 2. The number of aryl methyl sites for hydroxylation is 1. The van der Waals surface area contributed by atoms with E-state index in [1.54, 1.807) is 42.3 Å². The molecule has 0 bridgehead atoms. The summed E-state index contributed by atoms with van der Waals surface area (Å²) < 4.78 is 17.1. The molecule has 6 aromatic rings. The van der Waals surface area contributed by atoms with E-state index < -0.39 is 22.9 Å². The lowest BCUT2D eigenvalue weighted by Gasteiger charge is -2.20. The van der Waals surface area contributed by atoms with E-state index in [0.717, 1.165) is 27.6 Å². The molecule has 4 heterocycles. The zero-order valence-corrected chi connectivity index (χ0v) is 25.6. The largest absolute Gasteiger partial charge is 0.377 e. The van der Waals surface area contributed by atoms with E-state index >= 15 is 0 Å². The van der Waals surface area contributed by atoms with Crippen LogP contribution in [-0.2, 0) is 18.0 Å². The number of amides is 1. The molecule has 12 nitrogen and oxygen atoms in total. The van der Waals surface area contributed by atoms with Crippen LogP contribution >= 0.6 is 11.6 Å². The Bertz CT molecular complexity index is 2170. The smallest absolute Gasteiger partial charge is 0.283 e. The van der Waals surface area contributed by atoms with Gasteiger partial charge in [-0.1, -0.05) is 17.7 Å². The van der Waals surface area contributed by atoms with Crippen molar-refractivity contribution < 1.29 is 9.00 Å². The van der Waals surface area contributed by atoms with Gasteiger partial charge < -0.3 is 5.32 Å². The third-order valence-corrected chi connectivity index (χ3v) is 7.71. The van der Waals surface area contributed by atoms with Crippen LogP contribution in [0.4, 0.5) is 5.69 Å². The lowest BCUT2D eigenvalue weighted by molar-refractivity contribution is 0.0979. The van der Waals surface area contributed by atoms with E-state index in [1.165, 1.54) is 10.8 Å². The van der Waals surface area contributed by atoms with Gasteiger partial charge in [0, 0.05) is 48.4 Å². The van der Waals surface area contributed by atoms with Crippen LogP contribution in [-0.4, -0.2) is 50.7 Å². The van der Waals surface area contributed by atoms with Gasteiger partial charge in [0.15, 0.2) is 5.69 Å². The van der Waals surface area contributed by atoms with Crippen molar-refractivity contribution in [2.75, 3.05) is 11.6 Å². The molecule has 4 aromatic heterocycles. The minimum atomic E-state index is -1.59. The monoisotopic (exact) mass is 627 g/mol. The van der Waals surface area contributed by atoms with Crippen LogP contribution in [0.25, 0.3) is 39.1 Å². The summed E-state index contributed by atoms with van der Waals surface area (Å²) in [4.78, 5) is 44.1.